The third-order valence-corrected chi connectivity index (χ3v) is 6.84. The molecule has 0 saturated carbocycles. The lowest BCUT2D eigenvalue weighted by atomic mass is 10.0. The predicted octanol–water partition coefficient (Wildman–Crippen LogP) is 3.50. The molecule has 32 heavy (non-hydrogen) atoms. The first-order valence-corrected chi connectivity index (χ1v) is 12.9. The Bertz CT molecular complexity index is 1060. The van der Waals surface area contributed by atoms with Crippen molar-refractivity contribution in [2.75, 3.05) is 24.2 Å². The summed E-state index contributed by atoms with van der Waals surface area (Å²) in [6.07, 6.45) is 1.08. The van der Waals surface area contributed by atoms with Crippen LogP contribution >= 0.6 is 15.9 Å². The van der Waals surface area contributed by atoms with Gasteiger partial charge < -0.3 is 10.2 Å². The van der Waals surface area contributed by atoms with E-state index < -0.39 is 28.5 Å². The zero-order valence-corrected chi connectivity index (χ0v) is 21.4. The van der Waals surface area contributed by atoms with Crippen LogP contribution in [0.4, 0.5) is 5.69 Å². The first-order valence-electron chi connectivity index (χ1n) is 10.3. The van der Waals surface area contributed by atoms with Gasteiger partial charge in [0.05, 0.1) is 11.9 Å². The Balaban J connectivity index is 2.44. The van der Waals surface area contributed by atoms with Crippen molar-refractivity contribution in [1.82, 2.24) is 10.2 Å². The van der Waals surface area contributed by atoms with Crippen LogP contribution in [0.2, 0.25) is 0 Å². The summed E-state index contributed by atoms with van der Waals surface area (Å²) >= 11 is 3.38. The van der Waals surface area contributed by atoms with Crippen molar-refractivity contribution in [3.63, 3.8) is 0 Å². The fourth-order valence-electron chi connectivity index (χ4n) is 3.38. The molecule has 9 heteroatoms. The quantitative estimate of drug-likeness (QED) is 0.544. The molecule has 7 nitrogen and oxygen atoms in total. The van der Waals surface area contributed by atoms with Crippen molar-refractivity contribution >= 4 is 43.5 Å². The van der Waals surface area contributed by atoms with E-state index in [-0.39, 0.29) is 18.4 Å². The van der Waals surface area contributed by atoms with Gasteiger partial charge in [-0.3, -0.25) is 13.9 Å². The van der Waals surface area contributed by atoms with Gasteiger partial charge in [-0.1, -0.05) is 60.1 Å². The summed E-state index contributed by atoms with van der Waals surface area (Å²) in [5.41, 5.74) is 2.12. The van der Waals surface area contributed by atoms with Gasteiger partial charge in [-0.2, -0.15) is 0 Å². The van der Waals surface area contributed by atoms with E-state index in [4.69, 9.17) is 0 Å². The largest absolute Gasteiger partial charge is 0.357 e. The minimum Gasteiger partial charge on any atom is -0.357 e. The minimum atomic E-state index is -3.75. The van der Waals surface area contributed by atoms with E-state index in [2.05, 4.69) is 21.2 Å². The highest BCUT2D eigenvalue weighted by Crippen LogP contribution is 2.29. The number of sulfonamides is 1. The molecule has 0 heterocycles. The van der Waals surface area contributed by atoms with E-state index in [1.165, 1.54) is 11.9 Å². The number of likely N-dealkylation sites (N-methyl/N-ethyl adjacent to an activating group) is 1. The molecule has 1 N–H and O–H groups in total. The molecule has 2 rings (SSSR count). The van der Waals surface area contributed by atoms with Crippen molar-refractivity contribution < 1.29 is 18.0 Å². The molecule has 1 atom stereocenters. The molecule has 0 aliphatic heterocycles. The summed E-state index contributed by atoms with van der Waals surface area (Å²) in [6.45, 7) is 5.33. The standard InChI is InChI=1S/C23H30BrN3O4S/c1-16(2)20-8-6-7-9-21(20)27(32(5,30)31)15-22(28)26(17(3)23(29)25-4)14-18-10-12-19(24)13-11-18/h6-13,16-17H,14-15H2,1-5H3,(H,25,29)/t17-/m1/s1. The number of para-hydroxylation sites is 1. The van der Waals surface area contributed by atoms with Crippen molar-refractivity contribution in [3.8, 4) is 0 Å². The maximum Gasteiger partial charge on any atom is 0.244 e. The zero-order chi connectivity index (χ0) is 24.1. The van der Waals surface area contributed by atoms with Gasteiger partial charge in [0.25, 0.3) is 0 Å². The van der Waals surface area contributed by atoms with Crippen molar-refractivity contribution in [2.45, 2.75) is 39.3 Å². The number of benzene rings is 2. The lowest BCUT2D eigenvalue weighted by Crippen LogP contribution is -2.50. The second-order valence-corrected chi connectivity index (χ2v) is 10.7. The molecule has 0 bridgehead atoms. The fraction of sp³-hybridized carbons (Fsp3) is 0.391. The van der Waals surface area contributed by atoms with Gasteiger partial charge in [-0.25, -0.2) is 8.42 Å². The average molecular weight is 524 g/mol. The van der Waals surface area contributed by atoms with E-state index in [1.807, 2.05) is 50.2 Å². The maximum absolute atomic E-state index is 13.4. The molecule has 0 radical (unpaired) electrons. The third-order valence-electron chi connectivity index (χ3n) is 5.19. The molecule has 2 aromatic rings. The van der Waals surface area contributed by atoms with Gasteiger partial charge in [0.1, 0.15) is 12.6 Å². The molecule has 174 valence electrons. The molecular formula is C23H30BrN3O4S. The van der Waals surface area contributed by atoms with E-state index in [0.29, 0.717) is 5.69 Å². The fourth-order valence-corrected chi connectivity index (χ4v) is 4.51. The molecule has 0 aliphatic carbocycles. The first-order chi connectivity index (χ1) is 15.0. The number of rotatable bonds is 9. The summed E-state index contributed by atoms with van der Waals surface area (Å²) in [7, 11) is -2.25. The number of anilines is 1. The van der Waals surface area contributed by atoms with Gasteiger partial charge in [-0.05, 0) is 42.2 Å². The highest BCUT2D eigenvalue weighted by Gasteiger charge is 2.30. The molecule has 2 amide bonds. The Kier molecular flexibility index (Phi) is 8.86. The topological polar surface area (TPSA) is 86.8 Å². The van der Waals surface area contributed by atoms with E-state index in [9.17, 15) is 18.0 Å². The number of amides is 2. The lowest BCUT2D eigenvalue weighted by Gasteiger charge is -2.32. The Morgan fingerprint density at radius 2 is 1.62 bits per heavy atom. The smallest absolute Gasteiger partial charge is 0.244 e. The number of carbonyl (C=O) groups is 2. The highest BCUT2D eigenvalue weighted by molar-refractivity contribution is 9.10. The van der Waals surface area contributed by atoms with Crippen molar-refractivity contribution in [1.29, 1.82) is 0 Å². The van der Waals surface area contributed by atoms with Crippen LogP contribution in [0.25, 0.3) is 0 Å². The van der Waals surface area contributed by atoms with Crippen LogP contribution in [-0.4, -0.2) is 51.0 Å². The highest BCUT2D eigenvalue weighted by atomic mass is 79.9. The molecule has 0 aliphatic rings. The van der Waals surface area contributed by atoms with E-state index >= 15 is 0 Å². The minimum absolute atomic E-state index is 0.0641. The van der Waals surface area contributed by atoms with Gasteiger partial charge in [0.2, 0.25) is 21.8 Å². The number of carbonyl (C=O) groups excluding carboxylic acids is 2. The maximum atomic E-state index is 13.4. The normalized spacial score (nSPS) is 12.3. The second-order valence-electron chi connectivity index (χ2n) is 7.92. The Morgan fingerprint density at radius 1 is 1.03 bits per heavy atom. The third kappa shape index (κ3) is 6.56. The first kappa shape index (κ1) is 25.9. The van der Waals surface area contributed by atoms with Crippen LogP contribution < -0.4 is 9.62 Å². The van der Waals surface area contributed by atoms with Crippen LogP contribution in [-0.2, 0) is 26.2 Å². The summed E-state index contributed by atoms with van der Waals surface area (Å²) < 4.78 is 27.4. The van der Waals surface area contributed by atoms with Crippen molar-refractivity contribution in [2.24, 2.45) is 0 Å². The second kappa shape index (κ2) is 11.0. The van der Waals surface area contributed by atoms with Crippen LogP contribution in [0.15, 0.2) is 53.0 Å². The molecular weight excluding hydrogens is 494 g/mol. The summed E-state index contributed by atoms with van der Waals surface area (Å²) in [5.74, 6) is -0.730. The molecule has 0 unspecified atom stereocenters. The molecule has 0 saturated heterocycles. The number of hydrogen-bond acceptors (Lipinski definition) is 4. The van der Waals surface area contributed by atoms with E-state index in [1.54, 1.807) is 19.1 Å². The van der Waals surface area contributed by atoms with Gasteiger partial charge >= 0.3 is 0 Å². The van der Waals surface area contributed by atoms with Crippen molar-refractivity contribution in [3.05, 3.63) is 64.1 Å². The van der Waals surface area contributed by atoms with Crippen LogP contribution in [0, 0.1) is 0 Å². The number of nitrogens with zero attached hydrogens (tertiary/aromatic N) is 2. The molecule has 0 fully saturated rings. The average Bonchev–Trinajstić information content (AvgIpc) is 2.75. The van der Waals surface area contributed by atoms with Crippen LogP contribution in [0.3, 0.4) is 0 Å². The summed E-state index contributed by atoms with van der Waals surface area (Å²) in [6, 6.07) is 13.8. The molecule has 0 spiro atoms. The van der Waals surface area contributed by atoms with Crippen LogP contribution in [0.1, 0.15) is 37.8 Å². The Morgan fingerprint density at radius 3 is 2.16 bits per heavy atom. The van der Waals surface area contributed by atoms with Gasteiger partial charge in [0, 0.05) is 18.1 Å². The SMILES string of the molecule is CNC(=O)[C@@H](C)N(Cc1ccc(Br)cc1)C(=O)CN(c1ccccc1C(C)C)S(C)(=O)=O. The Labute approximate surface area is 199 Å². The number of nitrogens with one attached hydrogen (secondary N) is 1. The monoisotopic (exact) mass is 523 g/mol. The summed E-state index contributed by atoms with van der Waals surface area (Å²) in [4.78, 5) is 27.2. The van der Waals surface area contributed by atoms with Gasteiger partial charge in [-0.15, -0.1) is 0 Å². The summed E-state index contributed by atoms with van der Waals surface area (Å²) in [5, 5.41) is 2.56. The Hall–Kier alpha value is -2.39. The lowest BCUT2D eigenvalue weighted by molar-refractivity contribution is -0.139. The predicted molar refractivity (Wildman–Crippen MR) is 131 cm³/mol. The van der Waals surface area contributed by atoms with Gasteiger partial charge in [0.15, 0.2) is 0 Å². The van der Waals surface area contributed by atoms with E-state index in [0.717, 1.165) is 26.2 Å². The number of halogens is 1. The molecule has 0 aromatic heterocycles. The molecule has 2 aromatic carbocycles. The number of hydrogen-bond donors (Lipinski definition) is 1. The van der Waals surface area contributed by atoms with Crippen LogP contribution in [0.5, 0.6) is 0 Å². The zero-order valence-electron chi connectivity index (χ0n) is 19.0.